The van der Waals surface area contributed by atoms with Gasteiger partial charge in [0.15, 0.2) is 0 Å². The van der Waals surface area contributed by atoms with Gasteiger partial charge in [-0.1, -0.05) is 20.8 Å². The zero-order valence-electron chi connectivity index (χ0n) is 19.4. The van der Waals surface area contributed by atoms with Gasteiger partial charge in [0.25, 0.3) is 0 Å². The van der Waals surface area contributed by atoms with Crippen LogP contribution in [0.15, 0.2) is 12.5 Å². The van der Waals surface area contributed by atoms with E-state index >= 15 is 0 Å². The predicted molar refractivity (Wildman–Crippen MR) is 118 cm³/mol. The number of imidazole rings is 1. The number of rotatable bonds is 12. The molecule has 0 radical (unpaired) electrons. The minimum atomic E-state index is -0.834. The van der Waals surface area contributed by atoms with Crippen molar-refractivity contribution in [3.63, 3.8) is 0 Å². The lowest BCUT2D eigenvalue weighted by Crippen LogP contribution is -2.30. The summed E-state index contributed by atoms with van der Waals surface area (Å²) in [6, 6.07) is 0.475. The second-order valence-electron chi connectivity index (χ2n) is 9.23. The second kappa shape index (κ2) is 12.7. The number of carbonyl (C=O) groups is 2. The van der Waals surface area contributed by atoms with E-state index < -0.39 is 24.3 Å². The molecular formula is C23H39N3O5. The molecule has 2 N–H and O–H groups in total. The van der Waals surface area contributed by atoms with Crippen molar-refractivity contribution < 1.29 is 24.2 Å². The molecular weight excluding hydrogens is 398 g/mol. The van der Waals surface area contributed by atoms with E-state index in [1.165, 1.54) is 12.8 Å². The standard InChI is InChI=1S/C23H39N3O5/c1-16(2)14-30-18(4)31-23(29)24-11-5-6-19(22(27)28)12-20-13-26(15-25-20)21-9-7-17(3)8-10-21/h13,15-19,21H,5-12,14H2,1-4H3,(H,24,29)(H,27,28)/t17-,18?,19-,21-/m0/s1. The first kappa shape index (κ1) is 25.2. The highest BCUT2D eigenvalue weighted by molar-refractivity contribution is 5.70. The summed E-state index contributed by atoms with van der Waals surface area (Å²) < 4.78 is 12.7. The first-order valence-electron chi connectivity index (χ1n) is 11.6. The second-order valence-corrected chi connectivity index (χ2v) is 9.23. The van der Waals surface area contributed by atoms with Gasteiger partial charge in [-0.15, -0.1) is 0 Å². The van der Waals surface area contributed by atoms with E-state index in [1.54, 1.807) is 6.92 Å². The molecule has 1 aliphatic carbocycles. The predicted octanol–water partition coefficient (Wildman–Crippen LogP) is 4.40. The number of nitrogens with one attached hydrogen (secondary N) is 1. The van der Waals surface area contributed by atoms with Crippen LogP contribution in [0.5, 0.6) is 0 Å². The summed E-state index contributed by atoms with van der Waals surface area (Å²) >= 11 is 0. The van der Waals surface area contributed by atoms with E-state index in [1.807, 2.05) is 26.4 Å². The highest BCUT2D eigenvalue weighted by Gasteiger charge is 2.22. The summed E-state index contributed by atoms with van der Waals surface area (Å²) in [5.41, 5.74) is 0.814. The topological polar surface area (TPSA) is 103 Å². The molecule has 2 rings (SSSR count). The van der Waals surface area contributed by atoms with Crippen molar-refractivity contribution in [3.05, 3.63) is 18.2 Å². The monoisotopic (exact) mass is 437 g/mol. The molecule has 1 aliphatic rings. The van der Waals surface area contributed by atoms with Gasteiger partial charge < -0.3 is 24.5 Å². The van der Waals surface area contributed by atoms with E-state index in [-0.39, 0.29) is 0 Å². The lowest BCUT2D eigenvalue weighted by atomic mass is 9.87. The normalized spacial score (nSPS) is 20.9. The Morgan fingerprint density at radius 2 is 1.97 bits per heavy atom. The van der Waals surface area contributed by atoms with Crippen LogP contribution in [0, 0.1) is 17.8 Å². The summed E-state index contributed by atoms with van der Waals surface area (Å²) in [5, 5.41) is 12.2. The zero-order chi connectivity index (χ0) is 22.8. The molecule has 1 aromatic heterocycles. The Morgan fingerprint density at radius 3 is 2.61 bits per heavy atom. The van der Waals surface area contributed by atoms with Gasteiger partial charge in [-0.25, -0.2) is 9.78 Å². The number of ether oxygens (including phenoxy) is 2. The third-order valence-corrected chi connectivity index (χ3v) is 5.80. The molecule has 8 heteroatoms. The first-order chi connectivity index (χ1) is 14.7. The highest BCUT2D eigenvalue weighted by atomic mass is 16.7. The number of carbonyl (C=O) groups excluding carboxylic acids is 1. The third kappa shape index (κ3) is 9.29. The molecule has 0 aliphatic heterocycles. The van der Waals surface area contributed by atoms with Gasteiger partial charge >= 0.3 is 12.1 Å². The number of alkyl carbamates (subject to hydrolysis) is 1. The molecule has 2 atom stereocenters. The van der Waals surface area contributed by atoms with Gasteiger partial charge in [0, 0.05) is 25.2 Å². The van der Waals surface area contributed by atoms with Gasteiger partial charge in [0.1, 0.15) is 0 Å². The maximum Gasteiger partial charge on any atom is 0.409 e. The van der Waals surface area contributed by atoms with Crippen molar-refractivity contribution >= 4 is 12.1 Å². The van der Waals surface area contributed by atoms with Gasteiger partial charge in [-0.3, -0.25) is 4.79 Å². The maximum absolute atomic E-state index is 11.8. The van der Waals surface area contributed by atoms with Crippen LogP contribution < -0.4 is 5.32 Å². The van der Waals surface area contributed by atoms with Gasteiger partial charge in [0.2, 0.25) is 6.29 Å². The minimum absolute atomic E-state index is 0.355. The number of hydrogen-bond donors (Lipinski definition) is 2. The van der Waals surface area contributed by atoms with E-state index in [0.29, 0.717) is 44.4 Å². The summed E-state index contributed by atoms with van der Waals surface area (Å²) in [5.74, 6) is -0.211. The Hall–Kier alpha value is -2.09. The van der Waals surface area contributed by atoms with Crippen molar-refractivity contribution in [3.8, 4) is 0 Å². The van der Waals surface area contributed by atoms with Crippen molar-refractivity contribution in [1.82, 2.24) is 14.9 Å². The maximum atomic E-state index is 11.8. The summed E-state index contributed by atoms with van der Waals surface area (Å²) in [4.78, 5) is 27.9. The van der Waals surface area contributed by atoms with Crippen molar-refractivity contribution in [2.45, 2.75) is 85.0 Å². The van der Waals surface area contributed by atoms with E-state index in [9.17, 15) is 14.7 Å². The largest absolute Gasteiger partial charge is 0.481 e. The molecule has 1 aromatic rings. The smallest absolute Gasteiger partial charge is 0.409 e. The Bertz CT molecular complexity index is 683. The molecule has 8 nitrogen and oxygen atoms in total. The van der Waals surface area contributed by atoms with Gasteiger partial charge in [0.05, 0.1) is 24.5 Å². The average Bonchev–Trinajstić information content (AvgIpc) is 3.17. The SMILES string of the molecule is CC(C)COC(C)OC(=O)NCCC[C@@H](Cc1cn([C@H]2CC[C@H](C)CC2)cn1)C(=O)O. The van der Waals surface area contributed by atoms with Gasteiger partial charge in [-0.2, -0.15) is 0 Å². The van der Waals surface area contributed by atoms with Crippen LogP contribution >= 0.6 is 0 Å². The van der Waals surface area contributed by atoms with Crippen LogP contribution in [-0.4, -0.2) is 46.2 Å². The Morgan fingerprint density at radius 1 is 1.26 bits per heavy atom. The molecule has 31 heavy (non-hydrogen) atoms. The molecule has 0 aromatic carbocycles. The van der Waals surface area contributed by atoms with Gasteiger partial charge in [-0.05, 0) is 57.3 Å². The summed E-state index contributed by atoms with van der Waals surface area (Å²) in [6.45, 7) is 8.88. The fourth-order valence-corrected chi connectivity index (χ4v) is 3.88. The van der Waals surface area contributed by atoms with Crippen LogP contribution in [0.2, 0.25) is 0 Å². The fraction of sp³-hybridized carbons (Fsp3) is 0.783. The summed E-state index contributed by atoms with van der Waals surface area (Å²) in [6.07, 6.45) is 8.86. The Balaban J connectivity index is 1.71. The van der Waals surface area contributed by atoms with Crippen LogP contribution in [0.25, 0.3) is 0 Å². The Kier molecular flexibility index (Phi) is 10.3. The highest BCUT2D eigenvalue weighted by Crippen LogP contribution is 2.31. The van der Waals surface area contributed by atoms with E-state index in [2.05, 4.69) is 21.8 Å². The molecule has 1 fully saturated rings. The molecule has 1 amide bonds. The molecule has 1 unspecified atom stereocenters. The lowest BCUT2D eigenvalue weighted by Gasteiger charge is -2.26. The van der Waals surface area contributed by atoms with Crippen molar-refractivity contribution in [2.24, 2.45) is 17.8 Å². The number of carboxylic acids is 1. The van der Waals surface area contributed by atoms with Crippen LogP contribution in [0.1, 0.15) is 78.0 Å². The number of hydrogen-bond acceptors (Lipinski definition) is 5. The molecule has 0 bridgehead atoms. The number of nitrogens with zero attached hydrogens (tertiary/aromatic N) is 2. The minimum Gasteiger partial charge on any atom is -0.481 e. The molecule has 0 spiro atoms. The van der Waals surface area contributed by atoms with E-state index in [0.717, 1.165) is 24.5 Å². The van der Waals surface area contributed by atoms with Crippen LogP contribution in [-0.2, 0) is 20.7 Å². The number of aromatic nitrogens is 2. The molecule has 0 saturated heterocycles. The van der Waals surface area contributed by atoms with Crippen LogP contribution in [0.4, 0.5) is 4.79 Å². The number of amides is 1. The Labute approximate surface area is 185 Å². The molecule has 176 valence electrons. The van der Waals surface area contributed by atoms with Crippen LogP contribution in [0.3, 0.4) is 0 Å². The molecule has 1 saturated carbocycles. The third-order valence-electron chi connectivity index (χ3n) is 5.80. The number of carboxylic acid groups (broad SMARTS) is 1. The average molecular weight is 438 g/mol. The van der Waals surface area contributed by atoms with Crippen molar-refractivity contribution in [2.75, 3.05) is 13.2 Å². The first-order valence-corrected chi connectivity index (χ1v) is 11.6. The van der Waals surface area contributed by atoms with Crippen molar-refractivity contribution in [1.29, 1.82) is 0 Å². The van der Waals surface area contributed by atoms with E-state index in [4.69, 9.17) is 9.47 Å². The zero-order valence-corrected chi connectivity index (χ0v) is 19.4. The number of aliphatic carboxylic acids is 1. The quantitative estimate of drug-likeness (QED) is 0.371. The fourth-order valence-electron chi connectivity index (χ4n) is 3.88. The summed E-state index contributed by atoms with van der Waals surface area (Å²) in [7, 11) is 0. The molecule has 1 heterocycles. The lowest BCUT2D eigenvalue weighted by molar-refractivity contribution is -0.142.